The highest BCUT2D eigenvalue weighted by Crippen LogP contribution is 1.96. The summed E-state index contributed by atoms with van der Waals surface area (Å²) in [6.07, 6.45) is 0. The van der Waals surface area contributed by atoms with Gasteiger partial charge >= 0.3 is 5.97 Å². The fourth-order valence-electron chi connectivity index (χ4n) is 0.121. The van der Waals surface area contributed by atoms with Gasteiger partial charge in [-0.15, -0.1) is 10.1 Å². The van der Waals surface area contributed by atoms with Crippen molar-refractivity contribution in [1.29, 1.82) is 0 Å². The molecule has 0 bridgehead atoms. The van der Waals surface area contributed by atoms with Crippen LogP contribution in [-0.4, -0.2) is 21.7 Å². The van der Waals surface area contributed by atoms with E-state index in [9.17, 15) is 14.9 Å². The second-order valence-corrected chi connectivity index (χ2v) is 1.38. The maximum absolute atomic E-state index is 9.67. The Morgan fingerprint density at radius 2 is 2.33 bits per heavy atom. The Kier molecular flexibility index (Phi) is 2.72. The molecule has 1 N–H and O–H groups in total. The average molecular weight is 155 g/mol. The zero-order valence-corrected chi connectivity index (χ0v) is 4.74. The van der Waals surface area contributed by atoms with E-state index in [2.05, 4.69) is 4.84 Å². The Labute approximate surface area is 54.1 Å². The third-order valence-electron chi connectivity index (χ3n) is 0.373. The molecule has 0 aliphatic carbocycles. The normalized spacial score (nSPS) is 12.1. The summed E-state index contributed by atoms with van der Waals surface area (Å²) in [4.78, 5) is 22.4. The molecule has 1 atom stereocenters. The largest absolute Gasteiger partial charge is 0.479 e. The molecule has 0 aromatic rings. The van der Waals surface area contributed by atoms with Crippen LogP contribution in [0.1, 0.15) is 0 Å². The van der Waals surface area contributed by atoms with Crippen LogP contribution in [0, 0.1) is 10.1 Å². The van der Waals surface area contributed by atoms with Crippen molar-refractivity contribution in [2.24, 2.45) is 0 Å². The minimum Gasteiger partial charge on any atom is -0.479 e. The molecule has 0 fully saturated rings. The average Bonchev–Trinajstić information content (AvgIpc) is 1.63. The molecule has 0 amide bonds. The van der Waals surface area contributed by atoms with Crippen molar-refractivity contribution < 1.29 is 19.8 Å². The molecule has 0 radical (unpaired) electrons. The minimum atomic E-state index is -1.92. The number of nitrogens with zero attached hydrogens (tertiary/aromatic N) is 1. The molecule has 0 heterocycles. The summed E-state index contributed by atoms with van der Waals surface area (Å²) in [5.41, 5.74) is -1.92. The molecular formula is C2H2ClNO5. The van der Waals surface area contributed by atoms with Crippen LogP contribution in [0.25, 0.3) is 0 Å². The second kappa shape index (κ2) is 3.08. The van der Waals surface area contributed by atoms with Crippen LogP contribution >= 0.6 is 11.6 Å². The van der Waals surface area contributed by atoms with Crippen molar-refractivity contribution in [2.45, 2.75) is 5.56 Å². The molecule has 1 unspecified atom stereocenters. The molecule has 52 valence electrons. The summed E-state index contributed by atoms with van der Waals surface area (Å²) in [6, 6.07) is 0. The van der Waals surface area contributed by atoms with E-state index in [1.165, 1.54) is 0 Å². The minimum absolute atomic E-state index is 1.27. The Balaban J connectivity index is 3.63. The van der Waals surface area contributed by atoms with Crippen molar-refractivity contribution in [1.82, 2.24) is 0 Å². The molecule has 9 heavy (non-hydrogen) atoms. The third-order valence-corrected chi connectivity index (χ3v) is 0.639. The number of alkyl halides is 1. The third kappa shape index (κ3) is 3.53. The lowest BCUT2D eigenvalue weighted by molar-refractivity contribution is -0.759. The summed E-state index contributed by atoms with van der Waals surface area (Å²) in [7, 11) is 0. The fourth-order valence-corrected chi connectivity index (χ4v) is 0.186. The van der Waals surface area contributed by atoms with Crippen LogP contribution in [0.4, 0.5) is 0 Å². The van der Waals surface area contributed by atoms with E-state index in [1.54, 1.807) is 0 Å². The molecule has 7 heteroatoms. The molecule has 0 saturated heterocycles. The van der Waals surface area contributed by atoms with E-state index in [4.69, 9.17) is 16.7 Å². The number of rotatable bonds is 3. The number of carboxylic acid groups (broad SMARTS) is 1. The SMILES string of the molecule is O=C(O)C(Cl)O[N+](=O)[O-]. The van der Waals surface area contributed by atoms with Crippen molar-refractivity contribution in [3.8, 4) is 0 Å². The van der Waals surface area contributed by atoms with Gasteiger partial charge in [0.15, 0.2) is 0 Å². The first-order valence-electron chi connectivity index (χ1n) is 1.72. The van der Waals surface area contributed by atoms with E-state index < -0.39 is 16.6 Å². The molecule has 0 rings (SSSR count). The van der Waals surface area contributed by atoms with E-state index in [0.29, 0.717) is 0 Å². The van der Waals surface area contributed by atoms with Crippen LogP contribution in [0.3, 0.4) is 0 Å². The number of aliphatic carboxylic acids is 1. The first-order valence-corrected chi connectivity index (χ1v) is 2.15. The number of hydrogen-bond donors (Lipinski definition) is 1. The van der Waals surface area contributed by atoms with Gasteiger partial charge < -0.3 is 5.11 Å². The van der Waals surface area contributed by atoms with Crippen LogP contribution in [-0.2, 0) is 9.63 Å². The number of carboxylic acids is 1. The Morgan fingerprint density at radius 3 is 2.44 bits per heavy atom. The summed E-state index contributed by atoms with van der Waals surface area (Å²) in [6.45, 7) is 0. The predicted octanol–water partition coefficient (Wildman–Crippen LogP) is -0.156. The van der Waals surface area contributed by atoms with E-state index in [-0.39, 0.29) is 0 Å². The summed E-state index contributed by atoms with van der Waals surface area (Å²) in [5, 5.41) is 15.9. The number of carbonyl (C=O) groups is 1. The Hall–Kier alpha value is -1.04. The van der Waals surface area contributed by atoms with Gasteiger partial charge in [-0.1, -0.05) is 11.6 Å². The van der Waals surface area contributed by atoms with Crippen LogP contribution < -0.4 is 0 Å². The predicted molar refractivity (Wildman–Crippen MR) is 25.4 cm³/mol. The number of halogens is 1. The van der Waals surface area contributed by atoms with E-state index >= 15 is 0 Å². The topological polar surface area (TPSA) is 89.7 Å². The molecule has 0 aromatic heterocycles. The first-order chi connectivity index (χ1) is 4.04. The fraction of sp³-hybridized carbons (Fsp3) is 0.500. The maximum Gasteiger partial charge on any atom is 0.348 e. The molecule has 0 aromatic carbocycles. The lowest BCUT2D eigenvalue weighted by atomic mass is 10.7. The summed E-state index contributed by atoms with van der Waals surface area (Å²) < 4.78 is 0. The van der Waals surface area contributed by atoms with E-state index in [1.807, 2.05) is 0 Å². The highest BCUT2D eigenvalue weighted by molar-refractivity contribution is 6.28. The first kappa shape index (κ1) is 7.96. The molecule has 0 spiro atoms. The van der Waals surface area contributed by atoms with Crippen molar-refractivity contribution >= 4 is 17.6 Å². The summed E-state index contributed by atoms with van der Waals surface area (Å²) in [5.74, 6) is -1.59. The Morgan fingerprint density at radius 1 is 1.89 bits per heavy atom. The number of hydrogen-bond acceptors (Lipinski definition) is 4. The zero-order valence-electron chi connectivity index (χ0n) is 3.98. The van der Waals surface area contributed by atoms with Gasteiger partial charge in [-0.25, -0.2) is 4.79 Å². The molecule has 6 nitrogen and oxygen atoms in total. The van der Waals surface area contributed by atoms with Crippen molar-refractivity contribution in [3.05, 3.63) is 10.1 Å². The highest BCUT2D eigenvalue weighted by Gasteiger charge is 2.16. The highest BCUT2D eigenvalue weighted by atomic mass is 35.5. The van der Waals surface area contributed by atoms with Crippen LogP contribution in [0.2, 0.25) is 0 Å². The molecule has 0 saturated carbocycles. The lowest BCUT2D eigenvalue weighted by Crippen LogP contribution is -2.20. The molecule has 0 aliphatic rings. The van der Waals surface area contributed by atoms with E-state index in [0.717, 1.165) is 0 Å². The van der Waals surface area contributed by atoms with Crippen LogP contribution in [0.5, 0.6) is 0 Å². The second-order valence-electron chi connectivity index (χ2n) is 0.983. The monoisotopic (exact) mass is 155 g/mol. The van der Waals surface area contributed by atoms with Gasteiger partial charge in [0.1, 0.15) is 0 Å². The van der Waals surface area contributed by atoms with Crippen molar-refractivity contribution in [2.75, 3.05) is 0 Å². The van der Waals surface area contributed by atoms with Gasteiger partial charge in [-0.2, -0.15) is 0 Å². The molecular weight excluding hydrogens is 153 g/mol. The van der Waals surface area contributed by atoms with Gasteiger partial charge in [-0.05, 0) is 0 Å². The lowest BCUT2D eigenvalue weighted by Gasteiger charge is -1.97. The smallest absolute Gasteiger partial charge is 0.348 e. The maximum atomic E-state index is 9.67. The molecule has 0 aliphatic heterocycles. The zero-order chi connectivity index (χ0) is 7.44. The van der Waals surface area contributed by atoms with Gasteiger partial charge in [0.05, 0.1) is 0 Å². The quantitative estimate of drug-likeness (QED) is 0.348. The van der Waals surface area contributed by atoms with Gasteiger partial charge in [0.2, 0.25) is 0 Å². The van der Waals surface area contributed by atoms with Crippen molar-refractivity contribution in [3.63, 3.8) is 0 Å². The summed E-state index contributed by atoms with van der Waals surface area (Å²) >= 11 is 4.75. The van der Waals surface area contributed by atoms with Gasteiger partial charge in [0, 0.05) is 0 Å². The van der Waals surface area contributed by atoms with Gasteiger partial charge in [0.25, 0.3) is 10.6 Å². The van der Waals surface area contributed by atoms with Gasteiger partial charge in [-0.3, -0.25) is 4.84 Å². The standard InChI is InChI=1S/C2H2ClNO5/c3-1(2(5)6)9-4(7)8/h1H,(H,5,6). The van der Waals surface area contributed by atoms with Crippen LogP contribution in [0.15, 0.2) is 0 Å². The Bertz CT molecular complexity index is 135.